The molecule has 0 bridgehead atoms. The average molecular weight is 371 g/mol. The molecule has 0 atom stereocenters. The van der Waals surface area contributed by atoms with E-state index in [-0.39, 0.29) is 36.3 Å². The van der Waals surface area contributed by atoms with Gasteiger partial charge >= 0.3 is 5.97 Å². The normalized spacial score (nSPS) is 10.1. The number of carbonyl (C=O) groups is 1. The zero-order chi connectivity index (χ0) is 19.8. The van der Waals surface area contributed by atoms with Crippen LogP contribution in [0.1, 0.15) is 25.3 Å². The minimum atomic E-state index is -0.271. The molecule has 0 aliphatic rings. The Morgan fingerprint density at radius 2 is 2.04 bits per heavy atom. The van der Waals surface area contributed by atoms with E-state index < -0.39 is 0 Å². The number of anilines is 2. The van der Waals surface area contributed by atoms with Crippen molar-refractivity contribution in [2.24, 2.45) is 0 Å². The monoisotopic (exact) mass is 371 g/mol. The Morgan fingerprint density at radius 1 is 1.26 bits per heavy atom. The van der Waals surface area contributed by atoms with Crippen LogP contribution >= 0.6 is 0 Å². The number of esters is 1. The van der Waals surface area contributed by atoms with Crippen LogP contribution in [-0.2, 0) is 9.53 Å². The fourth-order valence-corrected chi connectivity index (χ4v) is 2.38. The molecule has 2 rings (SSSR count). The number of methoxy groups -OCH3 is 1. The van der Waals surface area contributed by atoms with Gasteiger partial charge in [0.1, 0.15) is 17.5 Å². The highest BCUT2D eigenvalue weighted by Gasteiger charge is 2.16. The Balaban J connectivity index is 2.23. The molecule has 0 saturated heterocycles. The third kappa shape index (κ3) is 4.98. The van der Waals surface area contributed by atoms with Gasteiger partial charge in [0.05, 0.1) is 26.0 Å². The number of nitrogens with two attached hydrogens (primary N) is 2. The van der Waals surface area contributed by atoms with Crippen LogP contribution < -0.4 is 20.9 Å². The molecule has 0 amide bonds. The molecule has 0 aliphatic heterocycles. The first-order chi connectivity index (χ1) is 13.0. The SMILES string of the molecule is CCOC(=O)CCCOc1cc(-c2nc(N)nc(N)c2C#N)ccc1OC. The molecule has 0 saturated carbocycles. The molecule has 142 valence electrons. The number of nitrogen functional groups attached to an aromatic ring is 2. The molecule has 1 heterocycles. The standard InChI is InChI=1S/C18H21N5O4/c1-3-26-15(24)5-4-8-27-14-9-11(6-7-13(14)25-2)16-12(10-19)17(20)23-18(21)22-16/h6-7,9H,3-5,8H2,1-2H3,(H4,20,21,22,23). The highest BCUT2D eigenvalue weighted by molar-refractivity contribution is 5.74. The Bertz CT molecular complexity index is 864. The van der Waals surface area contributed by atoms with Crippen molar-refractivity contribution < 1.29 is 19.0 Å². The van der Waals surface area contributed by atoms with Crippen LogP contribution in [0.15, 0.2) is 18.2 Å². The number of aromatic nitrogens is 2. The smallest absolute Gasteiger partial charge is 0.305 e. The summed E-state index contributed by atoms with van der Waals surface area (Å²) in [6.07, 6.45) is 0.746. The van der Waals surface area contributed by atoms with E-state index in [0.29, 0.717) is 35.8 Å². The van der Waals surface area contributed by atoms with Crippen molar-refractivity contribution in [3.63, 3.8) is 0 Å². The molecule has 4 N–H and O–H groups in total. The maximum Gasteiger partial charge on any atom is 0.305 e. The molecule has 2 aromatic rings. The van der Waals surface area contributed by atoms with Gasteiger partial charge in [0, 0.05) is 12.0 Å². The van der Waals surface area contributed by atoms with Crippen molar-refractivity contribution in [1.82, 2.24) is 9.97 Å². The van der Waals surface area contributed by atoms with Gasteiger partial charge in [-0.3, -0.25) is 4.79 Å². The minimum absolute atomic E-state index is 0.00715. The predicted octanol–water partition coefficient (Wildman–Crippen LogP) is 1.91. The highest BCUT2D eigenvalue weighted by Crippen LogP contribution is 2.34. The fourth-order valence-electron chi connectivity index (χ4n) is 2.38. The number of nitriles is 1. The molecule has 9 heteroatoms. The first kappa shape index (κ1) is 19.8. The topological polar surface area (TPSA) is 146 Å². The average Bonchev–Trinajstić information content (AvgIpc) is 2.64. The number of ether oxygens (including phenoxy) is 3. The summed E-state index contributed by atoms with van der Waals surface area (Å²) in [6.45, 7) is 2.40. The number of carbonyl (C=O) groups excluding carboxylic acids is 1. The van der Waals surface area contributed by atoms with Gasteiger partial charge in [0.15, 0.2) is 11.5 Å². The second-order valence-electron chi connectivity index (χ2n) is 5.43. The molecule has 0 spiro atoms. The fraction of sp³-hybridized carbons (Fsp3) is 0.333. The van der Waals surface area contributed by atoms with Gasteiger partial charge in [-0.15, -0.1) is 0 Å². The maximum atomic E-state index is 11.4. The van der Waals surface area contributed by atoms with E-state index in [1.807, 2.05) is 6.07 Å². The third-order valence-corrected chi connectivity index (χ3v) is 3.59. The zero-order valence-corrected chi connectivity index (χ0v) is 15.2. The summed E-state index contributed by atoms with van der Waals surface area (Å²) >= 11 is 0. The minimum Gasteiger partial charge on any atom is -0.493 e. The first-order valence-electron chi connectivity index (χ1n) is 8.30. The molecule has 0 fully saturated rings. The second-order valence-corrected chi connectivity index (χ2v) is 5.43. The number of nitrogens with zero attached hydrogens (tertiary/aromatic N) is 3. The molecule has 27 heavy (non-hydrogen) atoms. The first-order valence-corrected chi connectivity index (χ1v) is 8.30. The van der Waals surface area contributed by atoms with Crippen molar-refractivity contribution in [3.05, 3.63) is 23.8 Å². The van der Waals surface area contributed by atoms with Crippen LogP contribution in [-0.4, -0.2) is 36.3 Å². The van der Waals surface area contributed by atoms with Gasteiger partial charge in [-0.25, -0.2) is 4.98 Å². The van der Waals surface area contributed by atoms with Crippen molar-refractivity contribution in [2.45, 2.75) is 19.8 Å². The molecule has 9 nitrogen and oxygen atoms in total. The summed E-state index contributed by atoms with van der Waals surface area (Å²) in [7, 11) is 1.52. The molecule has 0 aliphatic carbocycles. The van der Waals surface area contributed by atoms with E-state index in [1.54, 1.807) is 25.1 Å². The van der Waals surface area contributed by atoms with E-state index in [1.165, 1.54) is 7.11 Å². The zero-order valence-electron chi connectivity index (χ0n) is 15.2. The van der Waals surface area contributed by atoms with E-state index in [9.17, 15) is 10.1 Å². The van der Waals surface area contributed by atoms with Gasteiger partial charge in [-0.2, -0.15) is 10.2 Å². The van der Waals surface area contributed by atoms with E-state index in [0.717, 1.165) is 0 Å². The number of hydrogen-bond acceptors (Lipinski definition) is 9. The molecule has 0 unspecified atom stereocenters. The van der Waals surface area contributed by atoms with Crippen molar-refractivity contribution in [3.8, 4) is 28.8 Å². The molecule has 1 aromatic carbocycles. The molecule has 1 aromatic heterocycles. The van der Waals surface area contributed by atoms with E-state index in [4.69, 9.17) is 25.7 Å². The van der Waals surface area contributed by atoms with Gasteiger partial charge in [-0.05, 0) is 31.5 Å². The van der Waals surface area contributed by atoms with Gasteiger partial charge in [-0.1, -0.05) is 0 Å². The molecular weight excluding hydrogens is 350 g/mol. The quantitative estimate of drug-likeness (QED) is 0.524. The number of rotatable bonds is 8. The van der Waals surface area contributed by atoms with E-state index in [2.05, 4.69) is 9.97 Å². The Morgan fingerprint density at radius 3 is 2.70 bits per heavy atom. The van der Waals surface area contributed by atoms with Crippen LogP contribution in [0, 0.1) is 11.3 Å². The lowest BCUT2D eigenvalue weighted by Crippen LogP contribution is -2.07. The lowest BCUT2D eigenvalue weighted by atomic mass is 10.1. The molecule has 0 radical (unpaired) electrons. The maximum absolute atomic E-state index is 11.4. The Kier molecular flexibility index (Phi) is 6.77. The lowest BCUT2D eigenvalue weighted by Gasteiger charge is -2.13. The van der Waals surface area contributed by atoms with Crippen LogP contribution in [0.2, 0.25) is 0 Å². The Labute approximate surface area is 156 Å². The third-order valence-electron chi connectivity index (χ3n) is 3.59. The van der Waals surface area contributed by atoms with Gasteiger partial charge in [0.2, 0.25) is 5.95 Å². The summed E-state index contributed by atoms with van der Waals surface area (Å²) in [5, 5.41) is 9.34. The van der Waals surface area contributed by atoms with Gasteiger partial charge < -0.3 is 25.7 Å². The van der Waals surface area contributed by atoms with E-state index >= 15 is 0 Å². The van der Waals surface area contributed by atoms with Crippen LogP contribution in [0.5, 0.6) is 11.5 Å². The van der Waals surface area contributed by atoms with Crippen LogP contribution in [0.4, 0.5) is 11.8 Å². The van der Waals surface area contributed by atoms with Crippen molar-refractivity contribution in [1.29, 1.82) is 5.26 Å². The Hall–Kier alpha value is -3.54. The molecular formula is C18H21N5O4. The lowest BCUT2D eigenvalue weighted by molar-refractivity contribution is -0.143. The largest absolute Gasteiger partial charge is 0.493 e. The summed E-state index contributed by atoms with van der Waals surface area (Å²) in [5.41, 5.74) is 12.4. The van der Waals surface area contributed by atoms with Crippen LogP contribution in [0.25, 0.3) is 11.3 Å². The predicted molar refractivity (Wildman–Crippen MR) is 98.9 cm³/mol. The van der Waals surface area contributed by atoms with Gasteiger partial charge in [0.25, 0.3) is 0 Å². The van der Waals surface area contributed by atoms with Crippen molar-refractivity contribution in [2.75, 3.05) is 31.8 Å². The summed E-state index contributed by atoms with van der Waals surface area (Å²) in [5.74, 6) is 0.649. The summed E-state index contributed by atoms with van der Waals surface area (Å²) in [6, 6.07) is 7.06. The summed E-state index contributed by atoms with van der Waals surface area (Å²) in [4.78, 5) is 19.3. The number of hydrogen-bond donors (Lipinski definition) is 2. The number of benzene rings is 1. The summed E-state index contributed by atoms with van der Waals surface area (Å²) < 4.78 is 15.9. The second kappa shape index (κ2) is 9.24. The highest BCUT2D eigenvalue weighted by atomic mass is 16.5. The van der Waals surface area contributed by atoms with Crippen molar-refractivity contribution >= 4 is 17.7 Å². The van der Waals surface area contributed by atoms with Crippen LogP contribution in [0.3, 0.4) is 0 Å².